The van der Waals surface area contributed by atoms with E-state index in [1.54, 1.807) is 6.20 Å². The molecule has 4 nitrogen and oxygen atoms in total. The Morgan fingerprint density at radius 2 is 2.00 bits per heavy atom. The highest BCUT2D eigenvalue weighted by Gasteiger charge is 2.13. The highest BCUT2D eigenvalue weighted by molar-refractivity contribution is 5.89. The summed E-state index contributed by atoms with van der Waals surface area (Å²) in [5.41, 5.74) is 12.3. The molecule has 0 aliphatic heterocycles. The number of fused-ring (bicyclic) bond motifs is 1. The summed E-state index contributed by atoms with van der Waals surface area (Å²) in [6.45, 7) is 4.26. The molecule has 4 N–H and O–H groups in total. The van der Waals surface area contributed by atoms with Crippen LogP contribution in [0, 0.1) is 13.8 Å². The third kappa shape index (κ3) is 2.04. The van der Waals surface area contributed by atoms with Gasteiger partial charge in [0.1, 0.15) is 0 Å². The van der Waals surface area contributed by atoms with Crippen LogP contribution in [0.25, 0.3) is 10.9 Å². The molecular formula is C15H18N4. The van der Waals surface area contributed by atoms with E-state index in [1.807, 2.05) is 6.20 Å². The smallest absolute Gasteiger partial charge is 0.0535 e. The van der Waals surface area contributed by atoms with E-state index >= 15 is 0 Å². The molecule has 0 saturated carbocycles. The number of nitrogens with one attached hydrogen (secondary N) is 2. The van der Waals surface area contributed by atoms with Gasteiger partial charge in [0.25, 0.3) is 0 Å². The summed E-state index contributed by atoms with van der Waals surface area (Å²) in [6.07, 6.45) is 6.53. The monoisotopic (exact) mass is 254 g/mol. The van der Waals surface area contributed by atoms with E-state index in [9.17, 15) is 0 Å². The first-order valence-corrected chi connectivity index (χ1v) is 6.47. The fraction of sp³-hybridized carbons (Fsp3) is 0.267. The summed E-state index contributed by atoms with van der Waals surface area (Å²) in [5, 5.41) is 8.07. The average molecular weight is 254 g/mol. The average Bonchev–Trinajstić information content (AvgIpc) is 3.03. The van der Waals surface area contributed by atoms with Gasteiger partial charge in [-0.15, -0.1) is 0 Å². The number of aromatic amines is 2. The van der Waals surface area contributed by atoms with Crippen molar-refractivity contribution in [3.8, 4) is 0 Å². The highest BCUT2D eigenvalue weighted by Crippen LogP contribution is 2.27. The Balaban J connectivity index is 2.00. The molecular weight excluding hydrogens is 236 g/mol. The Hall–Kier alpha value is -2.07. The van der Waals surface area contributed by atoms with Gasteiger partial charge >= 0.3 is 0 Å². The minimum Gasteiger partial charge on any atom is -0.361 e. The predicted molar refractivity (Wildman–Crippen MR) is 77.0 cm³/mol. The van der Waals surface area contributed by atoms with E-state index in [4.69, 9.17) is 5.73 Å². The Kier molecular flexibility index (Phi) is 2.87. The fourth-order valence-electron chi connectivity index (χ4n) is 2.62. The molecule has 2 aromatic heterocycles. The lowest BCUT2D eigenvalue weighted by Gasteiger charge is -2.09. The lowest BCUT2D eigenvalue weighted by molar-refractivity contribution is 0.725. The predicted octanol–water partition coefficient (Wildman–Crippen LogP) is 2.75. The lowest BCUT2D eigenvalue weighted by Crippen LogP contribution is -2.12. The van der Waals surface area contributed by atoms with Crippen molar-refractivity contribution in [1.82, 2.24) is 15.2 Å². The van der Waals surface area contributed by atoms with Gasteiger partial charge in [-0.2, -0.15) is 5.10 Å². The van der Waals surface area contributed by atoms with Gasteiger partial charge in [-0.3, -0.25) is 5.10 Å². The molecule has 0 aliphatic rings. The van der Waals surface area contributed by atoms with E-state index in [0.29, 0.717) is 0 Å². The quantitative estimate of drug-likeness (QED) is 0.672. The number of hydrogen-bond acceptors (Lipinski definition) is 2. The van der Waals surface area contributed by atoms with E-state index in [0.717, 1.165) is 12.0 Å². The van der Waals surface area contributed by atoms with E-state index in [1.165, 1.54) is 27.6 Å². The SMILES string of the molecule is Cc1ccc(C)c2c(CC(N)c3cn[nH]c3)c[nH]c12. The summed E-state index contributed by atoms with van der Waals surface area (Å²) < 4.78 is 0. The molecule has 0 bridgehead atoms. The van der Waals surface area contributed by atoms with Gasteiger partial charge in [0.2, 0.25) is 0 Å². The summed E-state index contributed by atoms with van der Waals surface area (Å²) in [6, 6.07) is 4.28. The van der Waals surface area contributed by atoms with Crippen molar-refractivity contribution in [2.45, 2.75) is 26.3 Å². The Bertz CT molecular complexity index is 694. The Labute approximate surface area is 112 Å². The first-order valence-electron chi connectivity index (χ1n) is 6.47. The first kappa shape index (κ1) is 12.0. The van der Waals surface area contributed by atoms with Crippen LogP contribution in [0.5, 0.6) is 0 Å². The van der Waals surface area contributed by atoms with Crippen molar-refractivity contribution in [1.29, 1.82) is 0 Å². The van der Waals surface area contributed by atoms with Crippen molar-refractivity contribution < 1.29 is 0 Å². The van der Waals surface area contributed by atoms with Crippen LogP contribution >= 0.6 is 0 Å². The van der Waals surface area contributed by atoms with Crippen LogP contribution < -0.4 is 5.73 Å². The van der Waals surface area contributed by atoms with Gasteiger partial charge in [-0.25, -0.2) is 0 Å². The zero-order valence-electron chi connectivity index (χ0n) is 11.2. The second-order valence-electron chi connectivity index (χ2n) is 5.11. The molecule has 0 amide bonds. The first-order chi connectivity index (χ1) is 9.16. The number of aryl methyl sites for hydroxylation is 2. The van der Waals surface area contributed by atoms with Crippen molar-refractivity contribution in [3.63, 3.8) is 0 Å². The number of H-pyrrole nitrogens is 2. The summed E-state index contributed by atoms with van der Waals surface area (Å²) >= 11 is 0. The van der Waals surface area contributed by atoms with E-state index < -0.39 is 0 Å². The zero-order chi connectivity index (χ0) is 13.4. The molecule has 3 aromatic rings. The van der Waals surface area contributed by atoms with Crippen LogP contribution in [-0.2, 0) is 6.42 Å². The van der Waals surface area contributed by atoms with Gasteiger partial charge in [0.15, 0.2) is 0 Å². The van der Waals surface area contributed by atoms with E-state index in [-0.39, 0.29) is 6.04 Å². The molecule has 0 radical (unpaired) electrons. The number of benzene rings is 1. The normalized spacial score (nSPS) is 13.0. The molecule has 4 heteroatoms. The summed E-state index contributed by atoms with van der Waals surface area (Å²) in [7, 11) is 0. The molecule has 1 unspecified atom stereocenters. The van der Waals surface area contributed by atoms with Crippen molar-refractivity contribution in [2.75, 3.05) is 0 Å². The van der Waals surface area contributed by atoms with Gasteiger partial charge in [-0.05, 0) is 37.0 Å². The molecule has 0 aliphatic carbocycles. The molecule has 19 heavy (non-hydrogen) atoms. The molecule has 0 spiro atoms. The number of nitrogens with two attached hydrogens (primary N) is 1. The molecule has 3 rings (SSSR count). The van der Waals surface area contributed by atoms with Crippen molar-refractivity contribution >= 4 is 10.9 Å². The maximum Gasteiger partial charge on any atom is 0.0535 e. The van der Waals surface area contributed by atoms with E-state index in [2.05, 4.69) is 47.4 Å². The molecule has 1 aromatic carbocycles. The van der Waals surface area contributed by atoms with Gasteiger partial charge in [0.05, 0.1) is 6.20 Å². The minimum absolute atomic E-state index is 0.0299. The third-order valence-corrected chi connectivity index (χ3v) is 3.72. The molecule has 98 valence electrons. The van der Waals surface area contributed by atoms with Gasteiger partial charge in [0, 0.05) is 34.9 Å². The fourth-order valence-corrected chi connectivity index (χ4v) is 2.62. The summed E-state index contributed by atoms with van der Waals surface area (Å²) in [4.78, 5) is 3.37. The summed E-state index contributed by atoms with van der Waals surface area (Å²) in [5.74, 6) is 0. The second kappa shape index (κ2) is 4.55. The maximum absolute atomic E-state index is 6.24. The topological polar surface area (TPSA) is 70.5 Å². The Morgan fingerprint density at radius 1 is 1.21 bits per heavy atom. The second-order valence-corrected chi connectivity index (χ2v) is 5.11. The molecule has 1 atom stereocenters. The van der Waals surface area contributed by atoms with Crippen molar-refractivity contribution in [3.05, 3.63) is 53.0 Å². The van der Waals surface area contributed by atoms with Crippen molar-refractivity contribution in [2.24, 2.45) is 5.73 Å². The minimum atomic E-state index is -0.0299. The number of rotatable bonds is 3. The largest absolute Gasteiger partial charge is 0.361 e. The standard InChI is InChI=1S/C15H18N4/c1-9-3-4-10(2)15-14(9)11(6-17-15)5-13(16)12-7-18-19-8-12/h3-4,6-8,13,17H,5,16H2,1-2H3,(H,18,19). The zero-order valence-corrected chi connectivity index (χ0v) is 11.2. The van der Waals surface area contributed by atoms with Crippen LogP contribution in [0.2, 0.25) is 0 Å². The Morgan fingerprint density at radius 3 is 2.74 bits per heavy atom. The van der Waals surface area contributed by atoms with Crippen LogP contribution in [0.4, 0.5) is 0 Å². The molecule has 0 saturated heterocycles. The van der Waals surface area contributed by atoms with Crippen LogP contribution in [0.1, 0.15) is 28.3 Å². The van der Waals surface area contributed by atoms with Gasteiger partial charge in [-0.1, -0.05) is 12.1 Å². The number of aromatic nitrogens is 3. The molecule has 2 heterocycles. The van der Waals surface area contributed by atoms with Crippen LogP contribution in [-0.4, -0.2) is 15.2 Å². The molecule has 0 fully saturated rings. The lowest BCUT2D eigenvalue weighted by atomic mass is 9.98. The number of hydrogen-bond donors (Lipinski definition) is 3. The highest BCUT2D eigenvalue weighted by atomic mass is 15.1. The number of nitrogens with zero attached hydrogens (tertiary/aromatic N) is 1. The van der Waals surface area contributed by atoms with Crippen LogP contribution in [0.15, 0.2) is 30.7 Å². The van der Waals surface area contributed by atoms with Crippen LogP contribution in [0.3, 0.4) is 0 Å². The maximum atomic E-state index is 6.24. The van der Waals surface area contributed by atoms with Gasteiger partial charge < -0.3 is 10.7 Å². The third-order valence-electron chi connectivity index (χ3n) is 3.72.